The zero-order valence-electron chi connectivity index (χ0n) is 9.69. The van der Waals surface area contributed by atoms with E-state index < -0.39 is 0 Å². The van der Waals surface area contributed by atoms with Gasteiger partial charge in [0.2, 0.25) is 0 Å². The van der Waals surface area contributed by atoms with Gasteiger partial charge in [-0.25, -0.2) is 0 Å². The first-order valence-electron chi connectivity index (χ1n) is 5.01. The molecule has 0 saturated carbocycles. The Balaban J connectivity index is 3.94. The Labute approximate surface area is 86.8 Å². The van der Waals surface area contributed by atoms with Crippen LogP contribution in [0.1, 0.15) is 13.8 Å². The number of aliphatic hydroxyl groups is 1. The average Bonchev–Trinajstić information content (AvgIpc) is 2.12. The van der Waals surface area contributed by atoms with Crippen LogP contribution in [0.4, 0.5) is 0 Å². The van der Waals surface area contributed by atoms with E-state index in [-0.39, 0.29) is 6.10 Å². The summed E-state index contributed by atoms with van der Waals surface area (Å²) >= 11 is 0. The largest absolute Gasteiger partial charge is 0.392 e. The maximum Gasteiger partial charge on any atom is 0.0639 e. The smallest absolute Gasteiger partial charge is 0.0639 e. The van der Waals surface area contributed by atoms with Gasteiger partial charge in [-0.15, -0.1) is 0 Å². The zero-order valence-corrected chi connectivity index (χ0v) is 9.69. The summed E-state index contributed by atoms with van der Waals surface area (Å²) in [5, 5.41) is 9.32. The van der Waals surface area contributed by atoms with Crippen LogP contribution in [0, 0.1) is 0 Å². The number of ether oxygens (including phenoxy) is 2. The maximum absolute atomic E-state index is 9.32. The van der Waals surface area contributed by atoms with Crippen LogP contribution in [0.2, 0.25) is 0 Å². The molecular formula is C10H23NO3. The van der Waals surface area contributed by atoms with Crippen LogP contribution in [-0.2, 0) is 9.47 Å². The van der Waals surface area contributed by atoms with Crippen LogP contribution in [0.25, 0.3) is 0 Å². The minimum atomic E-state index is -0.314. The van der Waals surface area contributed by atoms with Crippen molar-refractivity contribution >= 4 is 0 Å². The Morgan fingerprint density at radius 2 is 1.86 bits per heavy atom. The van der Waals surface area contributed by atoms with Gasteiger partial charge in [-0.2, -0.15) is 0 Å². The summed E-state index contributed by atoms with van der Waals surface area (Å²) in [4.78, 5) is 2.16. The molecule has 0 aromatic heterocycles. The lowest BCUT2D eigenvalue weighted by molar-refractivity contribution is 0.0442. The molecule has 0 amide bonds. The highest BCUT2D eigenvalue weighted by molar-refractivity contribution is 4.68. The van der Waals surface area contributed by atoms with Gasteiger partial charge in [0.25, 0.3) is 0 Å². The minimum Gasteiger partial charge on any atom is -0.392 e. The van der Waals surface area contributed by atoms with Crippen molar-refractivity contribution in [1.82, 2.24) is 4.90 Å². The van der Waals surface area contributed by atoms with Crippen molar-refractivity contribution in [3.63, 3.8) is 0 Å². The van der Waals surface area contributed by atoms with Gasteiger partial charge in [0.1, 0.15) is 0 Å². The van der Waals surface area contributed by atoms with Crippen LogP contribution in [0.3, 0.4) is 0 Å². The second-order valence-electron chi connectivity index (χ2n) is 3.64. The lowest BCUT2D eigenvalue weighted by Crippen LogP contribution is -2.42. The summed E-state index contributed by atoms with van der Waals surface area (Å²) in [5.41, 5.74) is 0. The Morgan fingerprint density at radius 1 is 1.21 bits per heavy atom. The van der Waals surface area contributed by atoms with Crippen molar-refractivity contribution < 1.29 is 14.6 Å². The SMILES string of the molecule is COCCN(C[C@H](C)O)C(C)COC. The molecule has 0 fully saturated rings. The molecule has 14 heavy (non-hydrogen) atoms. The van der Waals surface area contributed by atoms with Crippen molar-refractivity contribution in [3.05, 3.63) is 0 Å². The highest BCUT2D eigenvalue weighted by atomic mass is 16.5. The fraction of sp³-hybridized carbons (Fsp3) is 1.00. The number of rotatable bonds is 8. The van der Waals surface area contributed by atoms with E-state index in [1.807, 2.05) is 0 Å². The van der Waals surface area contributed by atoms with Crippen molar-refractivity contribution in [2.45, 2.75) is 26.0 Å². The van der Waals surface area contributed by atoms with Crippen LogP contribution in [-0.4, -0.2) is 62.7 Å². The molecule has 0 radical (unpaired) electrons. The van der Waals surface area contributed by atoms with E-state index in [4.69, 9.17) is 9.47 Å². The molecule has 0 aliphatic rings. The minimum absolute atomic E-state index is 0.310. The third kappa shape index (κ3) is 6.32. The van der Waals surface area contributed by atoms with E-state index in [1.54, 1.807) is 21.1 Å². The molecule has 4 heteroatoms. The fourth-order valence-electron chi connectivity index (χ4n) is 1.39. The van der Waals surface area contributed by atoms with Gasteiger partial charge in [-0.3, -0.25) is 4.90 Å². The number of aliphatic hydroxyl groups excluding tert-OH is 1. The van der Waals surface area contributed by atoms with Gasteiger partial charge in [0, 0.05) is 33.4 Å². The molecule has 0 aliphatic heterocycles. The second-order valence-corrected chi connectivity index (χ2v) is 3.64. The summed E-state index contributed by atoms with van der Waals surface area (Å²) in [6.45, 7) is 6.72. The Kier molecular flexibility index (Phi) is 8.08. The van der Waals surface area contributed by atoms with E-state index in [2.05, 4.69) is 11.8 Å². The van der Waals surface area contributed by atoms with Gasteiger partial charge in [0.15, 0.2) is 0 Å². The molecule has 0 rings (SSSR count). The van der Waals surface area contributed by atoms with E-state index >= 15 is 0 Å². The van der Waals surface area contributed by atoms with Crippen molar-refractivity contribution in [2.24, 2.45) is 0 Å². The first kappa shape index (κ1) is 13.8. The van der Waals surface area contributed by atoms with Gasteiger partial charge >= 0.3 is 0 Å². The standard InChI is InChI=1S/C10H23NO3/c1-9(8-14-4)11(5-6-13-3)7-10(2)12/h9-10,12H,5-8H2,1-4H3/t9?,10-/m0/s1. The lowest BCUT2D eigenvalue weighted by Gasteiger charge is -2.29. The number of hydrogen-bond donors (Lipinski definition) is 1. The number of methoxy groups -OCH3 is 2. The first-order chi connectivity index (χ1) is 6.61. The normalized spacial score (nSPS) is 15.9. The number of nitrogens with zero attached hydrogens (tertiary/aromatic N) is 1. The van der Waals surface area contributed by atoms with Gasteiger partial charge in [-0.05, 0) is 13.8 Å². The average molecular weight is 205 g/mol. The number of hydrogen-bond acceptors (Lipinski definition) is 4. The summed E-state index contributed by atoms with van der Waals surface area (Å²) in [6.07, 6.45) is -0.314. The quantitative estimate of drug-likeness (QED) is 0.621. The first-order valence-corrected chi connectivity index (χ1v) is 5.01. The zero-order chi connectivity index (χ0) is 11.0. The molecule has 0 aromatic rings. The molecule has 1 unspecified atom stereocenters. The molecular weight excluding hydrogens is 182 g/mol. The molecule has 4 nitrogen and oxygen atoms in total. The topological polar surface area (TPSA) is 41.9 Å². The monoisotopic (exact) mass is 205 g/mol. The van der Waals surface area contributed by atoms with Gasteiger partial charge in [0.05, 0.1) is 19.3 Å². The van der Waals surface area contributed by atoms with E-state index in [9.17, 15) is 5.11 Å². The molecule has 0 spiro atoms. The van der Waals surface area contributed by atoms with Crippen LogP contribution < -0.4 is 0 Å². The molecule has 86 valence electrons. The van der Waals surface area contributed by atoms with Crippen LogP contribution >= 0.6 is 0 Å². The lowest BCUT2D eigenvalue weighted by atomic mass is 10.2. The van der Waals surface area contributed by atoms with Gasteiger partial charge in [-0.1, -0.05) is 0 Å². The van der Waals surface area contributed by atoms with Crippen LogP contribution in [0.15, 0.2) is 0 Å². The van der Waals surface area contributed by atoms with E-state index in [1.165, 1.54) is 0 Å². The second kappa shape index (κ2) is 8.17. The Hall–Kier alpha value is -0.160. The fourth-order valence-corrected chi connectivity index (χ4v) is 1.39. The van der Waals surface area contributed by atoms with Crippen molar-refractivity contribution in [3.8, 4) is 0 Å². The van der Waals surface area contributed by atoms with Crippen LogP contribution in [0.5, 0.6) is 0 Å². The molecule has 0 saturated heterocycles. The molecule has 1 N–H and O–H groups in total. The summed E-state index contributed by atoms with van der Waals surface area (Å²) < 4.78 is 10.1. The summed E-state index contributed by atoms with van der Waals surface area (Å²) in [6, 6.07) is 0.310. The predicted molar refractivity (Wildman–Crippen MR) is 56.5 cm³/mol. The molecule has 0 heterocycles. The Bertz CT molecular complexity index is 131. The highest BCUT2D eigenvalue weighted by Crippen LogP contribution is 2.01. The summed E-state index contributed by atoms with van der Waals surface area (Å²) in [5.74, 6) is 0. The summed E-state index contributed by atoms with van der Waals surface area (Å²) in [7, 11) is 3.37. The molecule has 2 atom stereocenters. The van der Waals surface area contributed by atoms with Gasteiger partial charge < -0.3 is 14.6 Å². The third-order valence-corrected chi connectivity index (χ3v) is 2.11. The highest BCUT2D eigenvalue weighted by Gasteiger charge is 2.14. The third-order valence-electron chi connectivity index (χ3n) is 2.11. The predicted octanol–water partition coefficient (Wildman–Crippen LogP) is 0.351. The van der Waals surface area contributed by atoms with E-state index in [0.29, 0.717) is 25.8 Å². The molecule has 0 aromatic carbocycles. The molecule has 0 bridgehead atoms. The maximum atomic E-state index is 9.32. The Morgan fingerprint density at radius 3 is 2.29 bits per heavy atom. The van der Waals surface area contributed by atoms with Crippen molar-refractivity contribution in [1.29, 1.82) is 0 Å². The molecule has 0 aliphatic carbocycles. The van der Waals surface area contributed by atoms with E-state index in [0.717, 1.165) is 6.54 Å². The van der Waals surface area contributed by atoms with Crippen molar-refractivity contribution in [2.75, 3.05) is 40.5 Å².